The topological polar surface area (TPSA) is 62.3 Å². The summed E-state index contributed by atoms with van der Waals surface area (Å²) in [5, 5.41) is 2.24. The van der Waals surface area contributed by atoms with E-state index in [4.69, 9.17) is 0 Å². The van der Waals surface area contributed by atoms with Crippen LogP contribution in [0, 0.1) is 5.82 Å². The number of pyridine rings is 1. The van der Waals surface area contributed by atoms with Crippen molar-refractivity contribution in [1.29, 1.82) is 0 Å². The first kappa shape index (κ1) is 24.9. The molecule has 1 aromatic heterocycles. The molecule has 34 heavy (non-hydrogen) atoms. The van der Waals surface area contributed by atoms with Crippen LogP contribution in [0.1, 0.15) is 55.2 Å². The zero-order chi connectivity index (χ0) is 23.9. The predicted octanol–water partition coefficient (Wildman–Crippen LogP) is 5.57. The summed E-state index contributed by atoms with van der Waals surface area (Å²) >= 11 is 4.71. The number of halogens is 2. The smallest absolute Gasteiger partial charge is 0.237 e. The molecule has 180 valence electrons. The van der Waals surface area contributed by atoms with E-state index in [9.17, 15) is 14.0 Å². The van der Waals surface area contributed by atoms with Gasteiger partial charge in [-0.2, -0.15) is 0 Å². The molecule has 2 heterocycles. The Hall–Kier alpha value is -2.19. The van der Waals surface area contributed by atoms with Crippen molar-refractivity contribution in [2.45, 2.75) is 55.6 Å². The van der Waals surface area contributed by atoms with Gasteiger partial charge in [0.1, 0.15) is 11.2 Å². The molecule has 5 nitrogen and oxygen atoms in total. The van der Waals surface area contributed by atoms with Gasteiger partial charge in [0.2, 0.25) is 11.8 Å². The number of hydrogen-bond acceptors (Lipinski definition) is 4. The normalized spacial score (nSPS) is 20.4. The SMILES string of the molecule is O=C(CC1SC(c2ccc(F)c(Br)c2)N(CCc2ccccn2)C1=O)NCCC1=CCCCC1. The van der Waals surface area contributed by atoms with Crippen LogP contribution >= 0.6 is 27.7 Å². The maximum absolute atomic E-state index is 13.8. The summed E-state index contributed by atoms with van der Waals surface area (Å²) in [6.07, 6.45) is 10.4. The number of carbonyl (C=O) groups is 2. The van der Waals surface area contributed by atoms with E-state index in [2.05, 4.69) is 32.3 Å². The fourth-order valence-corrected chi connectivity index (χ4v) is 6.26. The van der Waals surface area contributed by atoms with Gasteiger partial charge in [0.15, 0.2) is 0 Å². The largest absolute Gasteiger partial charge is 0.356 e. The number of nitrogens with zero attached hydrogens (tertiary/aromatic N) is 2. The standard InChI is InChI=1S/C26H29BrFN3O2S/c27-21-16-19(9-10-22(21)28)26-31(15-12-20-8-4-5-13-29-20)25(33)23(34-26)17-24(32)30-14-11-18-6-2-1-3-7-18/h4-6,8-10,13,16,23,26H,1-3,7,11-12,14-15,17H2,(H,30,32). The molecule has 2 aromatic rings. The van der Waals surface area contributed by atoms with Crippen molar-refractivity contribution in [2.75, 3.05) is 13.1 Å². The van der Waals surface area contributed by atoms with E-state index in [-0.39, 0.29) is 29.4 Å². The highest BCUT2D eigenvalue weighted by molar-refractivity contribution is 9.10. The first-order valence-electron chi connectivity index (χ1n) is 11.8. The summed E-state index contributed by atoms with van der Waals surface area (Å²) in [5.41, 5.74) is 3.15. The highest BCUT2D eigenvalue weighted by Crippen LogP contribution is 2.45. The average molecular weight is 547 g/mol. The van der Waals surface area contributed by atoms with Crippen molar-refractivity contribution in [2.24, 2.45) is 0 Å². The lowest BCUT2D eigenvalue weighted by Crippen LogP contribution is -2.35. The lowest BCUT2D eigenvalue weighted by molar-refractivity contribution is -0.132. The molecule has 1 aliphatic heterocycles. The maximum atomic E-state index is 13.8. The van der Waals surface area contributed by atoms with Crippen LogP contribution in [-0.2, 0) is 16.0 Å². The lowest BCUT2D eigenvalue weighted by atomic mass is 9.97. The molecule has 0 radical (unpaired) electrons. The van der Waals surface area contributed by atoms with E-state index in [0.717, 1.165) is 30.5 Å². The third-order valence-electron chi connectivity index (χ3n) is 6.22. The van der Waals surface area contributed by atoms with Gasteiger partial charge in [-0.05, 0) is 77.9 Å². The molecule has 1 N–H and O–H groups in total. The second kappa shape index (κ2) is 12.0. The van der Waals surface area contributed by atoms with E-state index >= 15 is 0 Å². The molecule has 1 aromatic carbocycles. The van der Waals surface area contributed by atoms with Crippen molar-refractivity contribution in [1.82, 2.24) is 15.2 Å². The van der Waals surface area contributed by atoms with Crippen molar-refractivity contribution in [3.63, 3.8) is 0 Å². The minimum Gasteiger partial charge on any atom is -0.356 e. The average Bonchev–Trinajstić information content (AvgIpc) is 3.15. The minimum absolute atomic E-state index is 0.0588. The van der Waals surface area contributed by atoms with Crippen molar-refractivity contribution < 1.29 is 14.0 Å². The number of allylic oxidation sites excluding steroid dienone is 1. The molecule has 4 rings (SSSR count). The summed E-state index contributed by atoms with van der Waals surface area (Å²) in [6.45, 7) is 1.09. The number of benzene rings is 1. The van der Waals surface area contributed by atoms with E-state index < -0.39 is 5.25 Å². The van der Waals surface area contributed by atoms with Gasteiger partial charge in [0.05, 0.1) is 9.72 Å². The number of carbonyl (C=O) groups excluding carboxylic acids is 2. The fourth-order valence-electron chi connectivity index (χ4n) is 4.39. The summed E-state index contributed by atoms with van der Waals surface area (Å²) < 4.78 is 14.2. The Labute approximate surface area is 212 Å². The summed E-state index contributed by atoms with van der Waals surface area (Å²) in [4.78, 5) is 32.1. The molecule has 2 aliphatic rings. The van der Waals surface area contributed by atoms with Gasteiger partial charge in [-0.3, -0.25) is 14.6 Å². The Kier molecular flexibility index (Phi) is 8.78. The molecule has 1 saturated heterocycles. The molecule has 0 spiro atoms. The van der Waals surface area contributed by atoms with Crippen LogP contribution in [0.15, 0.2) is 58.7 Å². The number of rotatable bonds is 9. The van der Waals surface area contributed by atoms with Crippen LogP contribution < -0.4 is 5.32 Å². The Balaban J connectivity index is 1.40. The van der Waals surface area contributed by atoms with Crippen LogP contribution in [0.5, 0.6) is 0 Å². The Bertz CT molecular complexity index is 1050. The van der Waals surface area contributed by atoms with Crippen LogP contribution in [0.2, 0.25) is 0 Å². The third kappa shape index (κ3) is 6.48. The first-order chi connectivity index (χ1) is 16.5. The monoisotopic (exact) mass is 545 g/mol. The van der Waals surface area contributed by atoms with E-state index in [1.165, 1.54) is 36.2 Å². The summed E-state index contributed by atoms with van der Waals surface area (Å²) in [6, 6.07) is 10.5. The van der Waals surface area contributed by atoms with E-state index in [0.29, 0.717) is 24.0 Å². The van der Waals surface area contributed by atoms with Gasteiger partial charge >= 0.3 is 0 Å². The van der Waals surface area contributed by atoms with Gasteiger partial charge in [-0.1, -0.05) is 23.8 Å². The predicted molar refractivity (Wildman–Crippen MR) is 137 cm³/mol. The van der Waals surface area contributed by atoms with Crippen molar-refractivity contribution in [3.8, 4) is 0 Å². The fraction of sp³-hybridized carbons (Fsp3) is 0.423. The Morgan fingerprint density at radius 1 is 1.24 bits per heavy atom. The molecule has 2 unspecified atom stereocenters. The maximum Gasteiger partial charge on any atom is 0.237 e. The lowest BCUT2D eigenvalue weighted by Gasteiger charge is -2.24. The molecule has 1 aliphatic carbocycles. The number of hydrogen-bond donors (Lipinski definition) is 1. The zero-order valence-electron chi connectivity index (χ0n) is 19.0. The molecule has 0 bridgehead atoms. The van der Waals surface area contributed by atoms with Crippen LogP contribution in [0.25, 0.3) is 0 Å². The van der Waals surface area contributed by atoms with Crippen LogP contribution in [0.3, 0.4) is 0 Å². The van der Waals surface area contributed by atoms with Gasteiger partial charge < -0.3 is 10.2 Å². The third-order valence-corrected chi connectivity index (χ3v) is 8.31. The highest BCUT2D eigenvalue weighted by atomic mass is 79.9. The number of thioether (sulfide) groups is 1. The molecule has 2 atom stereocenters. The Morgan fingerprint density at radius 2 is 2.12 bits per heavy atom. The van der Waals surface area contributed by atoms with E-state index in [1.54, 1.807) is 23.2 Å². The summed E-state index contributed by atoms with van der Waals surface area (Å²) in [7, 11) is 0. The van der Waals surface area contributed by atoms with Crippen LogP contribution in [0.4, 0.5) is 4.39 Å². The van der Waals surface area contributed by atoms with Crippen molar-refractivity contribution >= 4 is 39.5 Å². The second-order valence-corrected chi connectivity index (χ2v) is 10.8. The molecule has 8 heteroatoms. The first-order valence-corrected chi connectivity index (χ1v) is 13.5. The molecule has 1 fully saturated rings. The Morgan fingerprint density at radius 3 is 2.85 bits per heavy atom. The minimum atomic E-state index is -0.466. The van der Waals surface area contributed by atoms with Gasteiger partial charge in [-0.15, -0.1) is 11.8 Å². The van der Waals surface area contributed by atoms with Gasteiger partial charge in [0, 0.05) is 37.8 Å². The van der Waals surface area contributed by atoms with Crippen molar-refractivity contribution in [3.05, 3.63) is 75.8 Å². The number of amides is 2. The number of aromatic nitrogens is 1. The van der Waals surface area contributed by atoms with E-state index in [1.807, 2.05) is 18.2 Å². The highest BCUT2D eigenvalue weighted by Gasteiger charge is 2.41. The second-order valence-electron chi connectivity index (χ2n) is 8.67. The number of nitrogens with one attached hydrogen (secondary N) is 1. The quantitative estimate of drug-likeness (QED) is 0.418. The molecule has 0 saturated carbocycles. The van der Waals surface area contributed by atoms with Gasteiger partial charge in [-0.25, -0.2) is 4.39 Å². The van der Waals surface area contributed by atoms with Gasteiger partial charge in [0.25, 0.3) is 0 Å². The van der Waals surface area contributed by atoms with Crippen LogP contribution in [-0.4, -0.2) is 40.0 Å². The summed E-state index contributed by atoms with van der Waals surface area (Å²) in [5.74, 6) is -0.508. The molecular weight excluding hydrogens is 517 g/mol. The molecular formula is C26H29BrFN3O2S. The zero-order valence-corrected chi connectivity index (χ0v) is 21.4. The molecule has 2 amide bonds.